The number of thioether (sulfide) groups is 1. The van der Waals surface area contributed by atoms with Crippen LogP contribution in [0.4, 0.5) is 4.79 Å². The summed E-state index contributed by atoms with van der Waals surface area (Å²) >= 11 is 1.45. The van der Waals surface area contributed by atoms with Gasteiger partial charge in [0, 0.05) is 12.3 Å². The normalized spacial score (nSPS) is 9.90. The van der Waals surface area contributed by atoms with E-state index in [-0.39, 0.29) is 11.7 Å². The van der Waals surface area contributed by atoms with Crippen LogP contribution >= 0.6 is 11.8 Å². The third-order valence-corrected chi connectivity index (χ3v) is 3.43. The van der Waals surface area contributed by atoms with Crippen LogP contribution in [0.25, 0.3) is 0 Å². The largest absolute Gasteiger partial charge is 0.497 e. The summed E-state index contributed by atoms with van der Waals surface area (Å²) < 4.78 is 5.13. The topological polar surface area (TPSA) is 67.4 Å². The van der Waals surface area contributed by atoms with Crippen LogP contribution in [0.15, 0.2) is 24.3 Å². The molecule has 0 aliphatic rings. The van der Waals surface area contributed by atoms with E-state index in [1.807, 2.05) is 31.2 Å². The standard InChI is InChI=1S/C14H20N2O3S/c1-3-7-15-14(18)16-13(17)10-20-9-11-5-4-6-12(8-11)19-2/h4-6,8H,3,7,9-10H2,1-2H3,(H2,15,16,17,18). The maximum atomic E-state index is 11.5. The van der Waals surface area contributed by atoms with Crippen LogP contribution in [-0.4, -0.2) is 31.3 Å². The summed E-state index contributed by atoms with van der Waals surface area (Å²) in [5.41, 5.74) is 1.08. The Balaban J connectivity index is 2.26. The minimum Gasteiger partial charge on any atom is -0.497 e. The fourth-order valence-electron chi connectivity index (χ4n) is 1.47. The van der Waals surface area contributed by atoms with E-state index in [0.717, 1.165) is 17.7 Å². The molecule has 110 valence electrons. The van der Waals surface area contributed by atoms with Crippen LogP contribution < -0.4 is 15.4 Å². The van der Waals surface area contributed by atoms with Crippen molar-refractivity contribution in [3.63, 3.8) is 0 Å². The van der Waals surface area contributed by atoms with E-state index in [9.17, 15) is 9.59 Å². The Morgan fingerprint density at radius 3 is 2.85 bits per heavy atom. The van der Waals surface area contributed by atoms with E-state index >= 15 is 0 Å². The highest BCUT2D eigenvalue weighted by molar-refractivity contribution is 7.99. The predicted octanol–water partition coefficient (Wildman–Crippen LogP) is 2.16. The number of carbonyl (C=O) groups excluding carboxylic acids is 2. The molecule has 3 amide bonds. The van der Waals surface area contributed by atoms with Crippen molar-refractivity contribution in [1.29, 1.82) is 0 Å². The maximum absolute atomic E-state index is 11.5. The average molecular weight is 296 g/mol. The molecule has 20 heavy (non-hydrogen) atoms. The number of nitrogens with one attached hydrogen (secondary N) is 2. The minimum atomic E-state index is -0.432. The van der Waals surface area contributed by atoms with Gasteiger partial charge in [-0.05, 0) is 24.1 Å². The van der Waals surface area contributed by atoms with E-state index in [0.29, 0.717) is 12.3 Å². The number of hydrogen-bond acceptors (Lipinski definition) is 4. The van der Waals surface area contributed by atoms with Crippen LogP contribution in [0.5, 0.6) is 5.75 Å². The van der Waals surface area contributed by atoms with Gasteiger partial charge in [0.25, 0.3) is 0 Å². The highest BCUT2D eigenvalue weighted by Gasteiger charge is 2.07. The van der Waals surface area contributed by atoms with E-state index in [2.05, 4.69) is 10.6 Å². The molecule has 0 fully saturated rings. The number of amides is 3. The molecular formula is C14H20N2O3S. The fraction of sp³-hybridized carbons (Fsp3) is 0.429. The monoisotopic (exact) mass is 296 g/mol. The second kappa shape index (κ2) is 9.25. The zero-order valence-electron chi connectivity index (χ0n) is 11.8. The number of imide groups is 1. The first kappa shape index (κ1) is 16.4. The Hall–Kier alpha value is -1.69. The Bertz CT molecular complexity index is 452. The van der Waals surface area contributed by atoms with E-state index in [1.54, 1.807) is 7.11 Å². The van der Waals surface area contributed by atoms with E-state index < -0.39 is 6.03 Å². The first-order valence-electron chi connectivity index (χ1n) is 6.44. The van der Waals surface area contributed by atoms with Gasteiger partial charge in [-0.2, -0.15) is 0 Å². The highest BCUT2D eigenvalue weighted by Crippen LogP contribution is 2.17. The van der Waals surface area contributed by atoms with Gasteiger partial charge in [0.15, 0.2) is 0 Å². The van der Waals surface area contributed by atoms with E-state index in [4.69, 9.17) is 4.74 Å². The zero-order chi connectivity index (χ0) is 14.8. The lowest BCUT2D eigenvalue weighted by atomic mass is 10.2. The zero-order valence-corrected chi connectivity index (χ0v) is 12.6. The molecular weight excluding hydrogens is 276 g/mol. The summed E-state index contributed by atoms with van der Waals surface area (Å²) in [6, 6.07) is 7.26. The number of ether oxygens (including phenoxy) is 1. The fourth-order valence-corrected chi connectivity index (χ4v) is 2.24. The summed E-state index contributed by atoms with van der Waals surface area (Å²) in [6.07, 6.45) is 0.839. The molecule has 0 unspecified atom stereocenters. The summed E-state index contributed by atoms with van der Waals surface area (Å²) in [6.45, 7) is 2.52. The van der Waals surface area contributed by atoms with Gasteiger partial charge in [0.05, 0.1) is 12.9 Å². The summed E-state index contributed by atoms with van der Waals surface area (Å²) in [4.78, 5) is 22.8. The van der Waals surface area contributed by atoms with Crippen LogP contribution in [0.1, 0.15) is 18.9 Å². The van der Waals surface area contributed by atoms with Gasteiger partial charge < -0.3 is 10.1 Å². The number of methoxy groups -OCH3 is 1. The van der Waals surface area contributed by atoms with Crippen LogP contribution in [0, 0.1) is 0 Å². The summed E-state index contributed by atoms with van der Waals surface area (Å²) in [5, 5.41) is 4.88. The molecule has 0 atom stereocenters. The number of benzene rings is 1. The van der Waals surface area contributed by atoms with Gasteiger partial charge in [-0.25, -0.2) is 4.79 Å². The average Bonchev–Trinajstić information content (AvgIpc) is 2.45. The quantitative estimate of drug-likeness (QED) is 0.809. The molecule has 0 aromatic heterocycles. The second-order valence-electron chi connectivity index (χ2n) is 4.15. The van der Waals surface area contributed by atoms with Crippen LogP contribution in [0.3, 0.4) is 0 Å². The molecule has 0 heterocycles. The molecule has 0 saturated heterocycles. The van der Waals surface area contributed by atoms with Gasteiger partial charge >= 0.3 is 6.03 Å². The van der Waals surface area contributed by atoms with E-state index in [1.165, 1.54) is 11.8 Å². The molecule has 1 aromatic carbocycles. The molecule has 5 nitrogen and oxygen atoms in total. The Labute approximate surface area is 123 Å². The number of rotatable bonds is 7. The Morgan fingerprint density at radius 1 is 1.35 bits per heavy atom. The van der Waals surface area contributed by atoms with Crippen molar-refractivity contribution < 1.29 is 14.3 Å². The lowest BCUT2D eigenvalue weighted by molar-refractivity contribution is -0.117. The molecule has 0 bridgehead atoms. The Kier molecular flexibility index (Phi) is 7.57. The van der Waals surface area contributed by atoms with Crippen molar-refractivity contribution in [2.75, 3.05) is 19.4 Å². The summed E-state index contributed by atoms with van der Waals surface area (Å²) in [5.74, 6) is 1.45. The van der Waals surface area contributed by atoms with Crippen molar-refractivity contribution >= 4 is 23.7 Å². The Morgan fingerprint density at radius 2 is 2.15 bits per heavy atom. The third-order valence-electron chi connectivity index (χ3n) is 2.42. The molecule has 0 aliphatic heterocycles. The van der Waals surface area contributed by atoms with Gasteiger partial charge in [0.2, 0.25) is 5.91 Å². The van der Waals surface area contributed by atoms with Crippen molar-refractivity contribution in [3.8, 4) is 5.75 Å². The van der Waals surface area contributed by atoms with Crippen LogP contribution in [0.2, 0.25) is 0 Å². The van der Waals surface area contributed by atoms with Crippen molar-refractivity contribution in [1.82, 2.24) is 10.6 Å². The predicted molar refractivity (Wildman–Crippen MR) is 81.0 cm³/mol. The van der Waals surface area contributed by atoms with Crippen molar-refractivity contribution in [2.24, 2.45) is 0 Å². The minimum absolute atomic E-state index is 0.247. The van der Waals surface area contributed by atoms with Crippen LogP contribution in [-0.2, 0) is 10.5 Å². The number of hydrogen-bond donors (Lipinski definition) is 2. The molecule has 0 radical (unpaired) electrons. The number of urea groups is 1. The molecule has 0 spiro atoms. The SMILES string of the molecule is CCCNC(=O)NC(=O)CSCc1cccc(OC)c1. The first-order chi connectivity index (χ1) is 9.65. The van der Waals surface area contributed by atoms with Gasteiger partial charge in [-0.3, -0.25) is 10.1 Å². The van der Waals surface area contributed by atoms with Gasteiger partial charge in [-0.15, -0.1) is 11.8 Å². The maximum Gasteiger partial charge on any atom is 0.321 e. The lowest BCUT2D eigenvalue weighted by Crippen LogP contribution is -2.40. The molecule has 1 rings (SSSR count). The van der Waals surface area contributed by atoms with Gasteiger partial charge in [0.1, 0.15) is 5.75 Å². The molecule has 2 N–H and O–H groups in total. The highest BCUT2D eigenvalue weighted by atomic mass is 32.2. The smallest absolute Gasteiger partial charge is 0.321 e. The first-order valence-corrected chi connectivity index (χ1v) is 7.59. The number of carbonyl (C=O) groups is 2. The van der Waals surface area contributed by atoms with Gasteiger partial charge in [-0.1, -0.05) is 19.1 Å². The summed E-state index contributed by atoms with van der Waals surface area (Å²) in [7, 11) is 1.62. The van der Waals surface area contributed by atoms with Crippen molar-refractivity contribution in [2.45, 2.75) is 19.1 Å². The van der Waals surface area contributed by atoms with Crippen molar-refractivity contribution in [3.05, 3.63) is 29.8 Å². The molecule has 1 aromatic rings. The third kappa shape index (κ3) is 6.47. The molecule has 6 heteroatoms. The molecule has 0 saturated carbocycles. The lowest BCUT2D eigenvalue weighted by Gasteiger charge is -2.06. The second-order valence-corrected chi connectivity index (χ2v) is 5.13. The molecule has 0 aliphatic carbocycles.